The van der Waals surface area contributed by atoms with Gasteiger partial charge in [0.25, 0.3) is 0 Å². The molecule has 0 aliphatic rings. The first-order chi connectivity index (χ1) is 7.96. The van der Waals surface area contributed by atoms with Crippen molar-refractivity contribution in [1.29, 1.82) is 0 Å². The van der Waals surface area contributed by atoms with E-state index in [1.807, 2.05) is 0 Å². The molecule has 0 aliphatic carbocycles. The summed E-state index contributed by atoms with van der Waals surface area (Å²) in [5.41, 5.74) is 4.15. The molecule has 0 radical (unpaired) electrons. The number of nitrogens with zero attached hydrogens (tertiary/aromatic N) is 2. The first-order valence-corrected chi connectivity index (χ1v) is 5.85. The van der Waals surface area contributed by atoms with Gasteiger partial charge < -0.3 is 5.73 Å². The van der Waals surface area contributed by atoms with Crippen molar-refractivity contribution in [2.24, 2.45) is 0 Å². The van der Waals surface area contributed by atoms with Gasteiger partial charge in [-0.15, -0.1) is 0 Å². The van der Waals surface area contributed by atoms with Gasteiger partial charge in [-0.25, -0.2) is 0 Å². The lowest BCUT2D eigenvalue weighted by Gasteiger charge is -2.11. The molecule has 3 nitrogen and oxygen atoms in total. The number of aryl methyl sites for hydroxylation is 1. The zero-order valence-electron chi connectivity index (χ0n) is 9.93. The average Bonchev–Trinajstić information content (AvgIpc) is 2.59. The number of nitrogens with two attached hydrogens (primary N) is 1. The predicted octanol–water partition coefficient (Wildman–Crippen LogP) is 3.45. The summed E-state index contributed by atoms with van der Waals surface area (Å²) in [6.07, 6.45) is 1.54. The fourth-order valence-electron chi connectivity index (χ4n) is 1.74. The van der Waals surface area contributed by atoms with Crippen LogP contribution in [0.25, 0.3) is 0 Å². The van der Waals surface area contributed by atoms with Crippen LogP contribution in [0, 0.1) is 0 Å². The third-order valence-corrected chi connectivity index (χ3v) is 2.61. The summed E-state index contributed by atoms with van der Waals surface area (Å²) in [7, 11) is 0. The van der Waals surface area contributed by atoms with Crippen LogP contribution < -0.4 is 5.73 Å². The van der Waals surface area contributed by atoms with Crippen LogP contribution in [0.4, 0.5) is 18.9 Å². The number of aromatic nitrogens is 2. The summed E-state index contributed by atoms with van der Waals surface area (Å²) in [6, 6.07) is 0. The average molecular weight is 249 g/mol. The van der Waals surface area contributed by atoms with E-state index in [-0.39, 0.29) is 12.2 Å². The summed E-state index contributed by atoms with van der Waals surface area (Å²) in [5.74, 6) is 0. The fraction of sp³-hybridized carbons (Fsp3) is 0.727. The summed E-state index contributed by atoms with van der Waals surface area (Å²) < 4.78 is 38.9. The Hall–Kier alpha value is -1.20. The molecule has 1 aromatic heterocycles. The second-order valence-electron chi connectivity index (χ2n) is 4.08. The molecule has 1 heterocycles. The first-order valence-electron chi connectivity index (χ1n) is 5.85. The van der Waals surface area contributed by atoms with Crippen molar-refractivity contribution in [3.8, 4) is 0 Å². The first kappa shape index (κ1) is 13.9. The maximum atomic E-state index is 12.6. The number of rotatable bonds is 6. The van der Waals surface area contributed by atoms with Gasteiger partial charge in [-0.3, -0.25) is 4.68 Å². The van der Waals surface area contributed by atoms with Crippen LogP contribution in [0.5, 0.6) is 0 Å². The molecule has 0 saturated heterocycles. The van der Waals surface area contributed by atoms with Crippen molar-refractivity contribution in [3.05, 3.63) is 11.9 Å². The zero-order chi connectivity index (χ0) is 12.9. The van der Waals surface area contributed by atoms with Crippen LogP contribution in [-0.4, -0.2) is 9.78 Å². The van der Waals surface area contributed by atoms with Crippen LogP contribution in [0.15, 0.2) is 6.20 Å². The lowest BCUT2D eigenvalue weighted by molar-refractivity contribution is -0.143. The van der Waals surface area contributed by atoms with Gasteiger partial charge in [0.1, 0.15) is 0 Å². The van der Waals surface area contributed by atoms with Crippen LogP contribution in [0.2, 0.25) is 0 Å². The second kappa shape index (κ2) is 5.93. The lowest BCUT2D eigenvalue weighted by atomic mass is 10.1. The highest BCUT2D eigenvalue weighted by molar-refractivity contribution is 5.42. The predicted molar refractivity (Wildman–Crippen MR) is 60.4 cm³/mol. The van der Waals surface area contributed by atoms with Gasteiger partial charge in [-0.1, -0.05) is 32.6 Å². The summed E-state index contributed by atoms with van der Waals surface area (Å²) in [4.78, 5) is 0. The van der Waals surface area contributed by atoms with Crippen molar-refractivity contribution >= 4 is 5.69 Å². The maximum Gasteiger partial charge on any atom is 0.435 e. The molecule has 0 atom stereocenters. The molecule has 0 unspecified atom stereocenters. The Kier molecular flexibility index (Phi) is 4.84. The van der Waals surface area contributed by atoms with E-state index in [9.17, 15) is 13.2 Å². The van der Waals surface area contributed by atoms with Crippen LogP contribution in [0.1, 0.15) is 44.7 Å². The number of hydrogen-bond acceptors (Lipinski definition) is 2. The third-order valence-electron chi connectivity index (χ3n) is 2.61. The fourth-order valence-corrected chi connectivity index (χ4v) is 1.74. The standard InChI is InChI=1S/C11H18F3N3/c1-2-3-4-5-6-7-17-10(11(12,13)14)9(15)8-16-17/h8H,2-7,15H2,1H3. The number of unbranched alkanes of at least 4 members (excludes halogenated alkanes) is 4. The molecule has 1 rings (SSSR count). The van der Waals surface area contributed by atoms with E-state index in [0.717, 1.165) is 36.6 Å². The molecule has 0 saturated carbocycles. The largest absolute Gasteiger partial charge is 0.435 e. The van der Waals surface area contributed by atoms with Gasteiger partial charge >= 0.3 is 6.18 Å². The van der Waals surface area contributed by atoms with E-state index >= 15 is 0 Å². The molecule has 17 heavy (non-hydrogen) atoms. The van der Waals surface area contributed by atoms with Crippen LogP contribution in [0.3, 0.4) is 0 Å². The summed E-state index contributed by atoms with van der Waals surface area (Å²) >= 11 is 0. The normalized spacial score (nSPS) is 12.0. The Bertz CT molecular complexity index is 344. The molecule has 0 aliphatic heterocycles. The SMILES string of the molecule is CCCCCCCn1ncc(N)c1C(F)(F)F. The number of anilines is 1. The highest BCUT2D eigenvalue weighted by Crippen LogP contribution is 2.33. The van der Waals surface area contributed by atoms with Crippen LogP contribution >= 0.6 is 0 Å². The number of hydrogen-bond donors (Lipinski definition) is 1. The molecule has 0 spiro atoms. The Morgan fingerprint density at radius 3 is 2.47 bits per heavy atom. The molecule has 0 amide bonds. The van der Waals surface area contributed by atoms with E-state index in [1.54, 1.807) is 0 Å². The number of nitrogen functional groups attached to an aromatic ring is 1. The Balaban J connectivity index is 2.54. The van der Waals surface area contributed by atoms with Crippen LogP contribution in [-0.2, 0) is 12.7 Å². The van der Waals surface area contributed by atoms with Crippen molar-refractivity contribution in [2.45, 2.75) is 51.7 Å². The van der Waals surface area contributed by atoms with E-state index < -0.39 is 11.9 Å². The Morgan fingerprint density at radius 2 is 1.88 bits per heavy atom. The summed E-state index contributed by atoms with van der Waals surface area (Å²) in [6.45, 7) is 2.37. The molecule has 98 valence electrons. The van der Waals surface area contributed by atoms with Gasteiger partial charge in [-0.2, -0.15) is 18.3 Å². The Labute approximate surface area is 98.8 Å². The number of halogens is 3. The minimum Gasteiger partial charge on any atom is -0.396 e. The lowest BCUT2D eigenvalue weighted by Crippen LogP contribution is -2.16. The molecule has 6 heteroatoms. The van der Waals surface area contributed by atoms with E-state index in [4.69, 9.17) is 5.73 Å². The minimum atomic E-state index is -4.43. The molecule has 0 aromatic carbocycles. The highest BCUT2D eigenvalue weighted by Gasteiger charge is 2.37. The van der Waals surface area contributed by atoms with Gasteiger partial charge in [-0.05, 0) is 6.42 Å². The number of alkyl halides is 3. The molecule has 1 aromatic rings. The van der Waals surface area contributed by atoms with Gasteiger partial charge in [0.05, 0.1) is 11.9 Å². The molecule has 0 bridgehead atoms. The molecular formula is C11H18F3N3. The maximum absolute atomic E-state index is 12.6. The van der Waals surface area contributed by atoms with Gasteiger partial charge in [0.2, 0.25) is 0 Å². The molecule has 2 N–H and O–H groups in total. The Morgan fingerprint density at radius 1 is 1.24 bits per heavy atom. The van der Waals surface area contributed by atoms with Gasteiger partial charge in [0, 0.05) is 6.54 Å². The second-order valence-corrected chi connectivity index (χ2v) is 4.08. The highest BCUT2D eigenvalue weighted by atomic mass is 19.4. The quantitative estimate of drug-likeness (QED) is 0.785. The van der Waals surface area contributed by atoms with E-state index in [2.05, 4.69) is 12.0 Å². The monoisotopic (exact) mass is 249 g/mol. The van der Waals surface area contributed by atoms with Crippen molar-refractivity contribution < 1.29 is 13.2 Å². The van der Waals surface area contributed by atoms with Crippen molar-refractivity contribution in [1.82, 2.24) is 9.78 Å². The van der Waals surface area contributed by atoms with Gasteiger partial charge in [0.15, 0.2) is 5.69 Å². The van der Waals surface area contributed by atoms with E-state index in [0.29, 0.717) is 6.42 Å². The van der Waals surface area contributed by atoms with E-state index in [1.165, 1.54) is 0 Å². The van der Waals surface area contributed by atoms with Crippen molar-refractivity contribution in [3.63, 3.8) is 0 Å². The molecular weight excluding hydrogens is 231 g/mol. The topological polar surface area (TPSA) is 43.8 Å². The summed E-state index contributed by atoms with van der Waals surface area (Å²) in [5, 5.41) is 3.67. The zero-order valence-corrected chi connectivity index (χ0v) is 9.93. The smallest absolute Gasteiger partial charge is 0.396 e. The third kappa shape index (κ3) is 3.94. The van der Waals surface area contributed by atoms with Crippen molar-refractivity contribution in [2.75, 3.05) is 5.73 Å². The minimum absolute atomic E-state index is 0.274. The molecule has 0 fully saturated rings.